The molecule has 0 aromatic heterocycles. The molecule has 0 saturated carbocycles. The second-order valence-electron chi connectivity index (χ2n) is 9.10. The molecule has 3 aliphatic rings. The normalized spacial score (nSPS) is 21.5. The van der Waals surface area contributed by atoms with Crippen LogP contribution < -0.4 is 10.2 Å². The van der Waals surface area contributed by atoms with Gasteiger partial charge in [-0.05, 0) is 74.3 Å². The molecule has 170 valence electrons. The number of sulfonamides is 1. The van der Waals surface area contributed by atoms with E-state index < -0.39 is 10.0 Å². The SMILES string of the molecule is O=C(NC1CCCc2ccccc21)c1ccc(N2CCCC2)c(S(=O)(=O)N2CCCC2)c1. The number of rotatable bonds is 5. The molecule has 0 bridgehead atoms. The topological polar surface area (TPSA) is 69.7 Å². The van der Waals surface area contributed by atoms with E-state index in [-0.39, 0.29) is 16.8 Å². The number of nitrogens with one attached hydrogen (secondary N) is 1. The fourth-order valence-corrected chi connectivity index (χ4v) is 7.05. The van der Waals surface area contributed by atoms with Crippen LogP contribution in [-0.4, -0.2) is 44.8 Å². The van der Waals surface area contributed by atoms with E-state index in [9.17, 15) is 13.2 Å². The maximum absolute atomic E-state index is 13.5. The summed E-state index contributed by atoms with van der Waals surface area (Å²) in [7, 11) is -3.63. The minimum absolute atomic E-state index is 0.0376. The highest BCUT2D eigenvalue weighted by Crippen LogP contribution is 2.34. The number of amides is 1. The van der Waals surface area contributed by atoms with Gasteiger partial charge in [0.25, 0.3) is 5.91 Å². The van der Waals surface area contributed by atoms with Crippen molar-refractivity contribution in [2.24, 2.45) is 0 Å². The van der Waals surface area contributed by atoms with E-state index in [1.807, 2.05) is 18.2 Å². The van der Waals surface area contributed by atoms with Crippen LogP contribution in [0.2, 0.25) is 0 Å². The highest BCUT2D eigenvalue weighted by atomic mass is 32.2. The second kappa shape index (κ2) is 8.87. The number of benzene rings is 2. The number of hydrogen-bond acceptors (Lipinski definition) is 4. The Labute approximate surface area is 190 Å². The van der Waals surface area contributed by atoms with Gasteiger partial charge in [0, 0.05) is 31.7 Å². The number of anilines is 1. The lowest BCUT2D eigenvalue weighted by atomic mass is 9.87. The van der Waals surface area contributed by atoms with Crippen molar-refractivity contribution in [1.82, 2.24) is 9.62 Å². The van der Waals surface area contributed by atoms with Crippen LogP contribution in [0.15, 0.2) is 47.4 Å². The van der Waals surface area contributed by atoms with Gasteiger partial charge in [-0.3, -0.25) is 4.79 Å². The fraction of sp³-hybridized carbons (Fsp3) is 0.480. The quantitative estimate of drug-likeness (QED) is 0.746. The van der Waals surface area contributed by atoms with Crippen molar-refractivity contribution in [2.75, 3.05) is 31.1 Å². The first-order valence-electron chi connectivity index (χ1n) is 11.8. The first kappa shape index (κ1) is 21.5. The molecular weight excluding hydrogens is 422 g/mol. The summed E-state index contributed by atoms with van der Waals surface area (Å²) in [6.45, 7) is 2.81. The van der Waals surface area contributed by atoms with Crippen LogP contribution in [0, 0.1) is 0 Å². The molecule has 1 aliphatic carbocycles. The maximum atomic E-state index is 13.5. The molecule has 5 rings (SSSR count). The van der Waals surface area contributed by atoms with Gasteiger partial charge in [0.1, 0.15) is 4.90 Å². The summed E-state index contributed by atoms with van der Waals surface area (Å²) >= 11 is 0. The van der Waals surface area contributed by atoms with Crippen LogP contribution in [-0.2, 0) is 16.4 Å². The predicted molar refractivity (Wildman–Crippen MR) is 125 cm³/mol. The molecule has 2 aliphatic heterocycles. The Morgan fingerprint density at radius 2 is 1.62 bits per heavy atom. The van der Waals surface area contributed by atoms with Gasteiger partial charge < -0.3 is 10.2 Å². The number of fused-ring (bicyclic) bond motifs is 1. The number of carbonyl (C=O) groups is 1. The molecule has 0 radical (unpaired) electrons. The molecule has 6 nitrogen and oxygen atoms in total. The predicted octanol–water partition coefficient (Wildman–Crippen LogP) is 3.88. The Morgan fingerprint density at radius 1 is 0.906 bits per heavy atom. The van der Waals surface area contributed by atoms with Gasteiger partial charge in [0.05, 0.1) is 11.7 Å². The van der Waals surface area contributed by atoms with Crippen molar-refractivity contribution < 1.29 is 13.2 Å². The monoisotopic (exact) mass is 453 g/mol. The third-order valence-corrected chi connectivity index (χ3v) is 8.95. The minimum atomic E-state index is -3.63. The summed E-state index contributed by atoms with van der Waals surface area (Å²) in [6.07, 6.45) is 6.86. The molecule has 32 heavy (non-hydrogen) atoms. The van der Waals surface area contributed by atoms with E-state index in [0.29, 0.717) is 18.7 Å². The highest BCUT2D eigenvalue weighted by Gasteiger charge is 2.32. The average molecular weight is 454 g/mol. The number of hydrogen-bond donors (Lipinski definition) is 1. The van der Waals surface area contributed by atoms with Crippen LogP contribution >= 0.6 is 0 Å². The van der Waals surface area contributed by atoms with Gasteiger partial charge in [-0.2, -0.15) is 4.31 Å². The molecule has 2 aromatic rings. The summed E-state index contributed by atoms with van der Waals surface area (Å²) in [5.41, 5.74) is 3.60. The molecule has 1 N–H and O–H groups in total. The van der Waals surface area contributed by atoms with E-state index in [0.717, 1.165) is 63.7 Å². The van der Waals surface area contributed by atoms with Gasteiger partial charge in [-0.15, -0.1) is 0 Å². The van der Waals surface area contributed by atoms with Crippen molar-refractivity contribution in [2.45, 2.75) is 55.9 Å². The first-order valence-corrected chi connectivity index (χ1v) is 13.3. The van der Waals surface area contributed by atoms with Gasteiger partial charge in [-0.25, -0.2) is 8.42 Å². The largest absolute Gasteiger partial charge is 0.370 e. The molecular formula is C25H31N3O3S. The second-order valence-corrected chi connectivity index (χ2v) is 11.0. The van der Waals surface area contributed by atoms with Crippen LogP contribution in [0.3, 0.4) is 0 Å². The molecule has 0 spiro atoms. The first-order chi connectivity index (χ1) is 15.5. The van der Waals surface area contributed by atoms with Crippen molar-refractivity contribution in [1.29, 1.82) is 0 Å². The number of carbonyl (C=O) groups excluding carboxylic acids is 1. The lowest BCUT2D eigenvalue weighted by Gasteiger charge is -2.27. The summed E-state index contributed by atoms with van der Waals surface area (Å²) in [5, 5.41) is 3.17. The molecule has 1 amide bonds. The van der Waals surface area contributed by atoms with E-state index in [1.165, 1.54) is 11.1 Å². The number of nitrogens with zero attached hydrogens (tertiary/aromatic N) is 2. The third kappa shape index (κ3) is 4.04. The van der Waals surface area contributed by atoms with Gasteiger partial charge in [-0.1, -0.05) is 24.3 Å². The standard InChI is InChI=1S/C25H31N3O3S/c29-25(26-22-11-7-9-19-8-1-2-10-21(19)22)20-12-13-23(27-14-3-4-15-27)24(18-20)32(30,31)28-16-5-6-17-28/h1-2,8,10,12-13,18,22H,3-7,9,11,14-17H2,(H,26,29). The molecule has 1 atom stereocenters. The maximum Gasteiger partial charge on any atom is 0.251 e. The molecule has 2 aromatic carbocycles. The summed E-state index contributed by atoms with van der Waals surface area (Å²) in [5.74, 6) is -0.211. The summed E-state index contributed by atoms with van der Waals surface area (Å²) in [6, 6.07) is 13.4. The molecule has 2 fully saturated rings. The lowest BCUT2D eigenvalue weighted by Crippen LogP contribution is -2.32. The lowest BCUT2D eigenvalue weighted by molar-refractivity contribution is 0.0932. The Balaban J connectivity index is 1.46. The van der Waals surface area contributed by atoms with Crippen LogP contribution in [0.4, 0.5) is 5.69 Å². The minimum Gasteiger partial charge on any atom is -0.370 e. The average Bonchev–Trinajstić information content (AvgIpc) is 3.54. The Kier molecular flexibility index (Phi) is 5.95. The molecule has 1 unspecified atom stereocenters. The third-order valence-electron chi connectivity index (χ3n) is 7.03. The van der Waals surface area contributed by atoms with Crippen molar-refractivity contribution in [3.05, 3.63) is 59.2 Å². The zero-order valence-corrected chi connectivity index (χ0v) is 19.2. The summed E-state index contributed by atoms with van der Waals surface area (Å²) in [4.78, 5) is 15.6. The van der Waals surface area contributed by atoms with E-state index >= 15 is 0 Å². The Hall–Kier alpha value is -2.38. The number of aryl methyl sites for hydroxylation is 1. The molecule has 2 saturated heterocycles. The van der Waals surface area contributed by atoms with E-state index in [2.05, 4.69) is 22.3 Å². The smallest absolute Gasteiger partial charge is 0.251 e. The van der Waals surface area contributed by atoms with Crippen molar-refractivity contribution in [3.63, 3.8) is 0 Å². The molecule has 2 heterocycles. The van der Waals surface area contributed by atoms with Gasteiger partial charge >= 0.3 is 0 Å². The zero-order valence-electron chi connectivity index (χ0n) is 18.4. The van der Waals surface area contributed by atoms with Crippen LogP contribution in [0.1, 0.15) is 66.1 Å². The van der Waals surface area contributed by atoms with Gasteiger partial charge in [0.15, 0.2) is 0 Å². The van der Waals surface area contributed by atoms with E-state index in [4.69, 9.17) is 0 Å². The zero-order chi connectivity index (χ0) is 22.1. The van der Waals surface area contributed by atoms with Gasteiger partial charge in [0.2, 0.25) is 10.0 Å². The highest BCUT2D eigenvalue weighted by molar-refractivity contribution is 7.89. The summed E-state index contributed by atoms with van der Waals surface area (Å²) < 4.78 is 28.6. The van der Waals surface area contributed by atoms with Crippen LogP contribution in [0.5, 0.6) is 0 Å². The van der Waals surface area contributed by atoms with Crippen LogP contribution in [0.25, 0.3) is 0 Å². The van der Waals surface area contributed by atoms with Crippen molar-refractivity contribution >= 4 is 21.6 Å². The molecule has 7 heteroatoms. The Morgan fingerprint density at radius 3 is 2.41 bits per heavy atom. The van der Waals surface area contributed by atoms with Crippen molar-refractivity contribution in [3.8, 4) is 0 Å². The van der Waals surface area contributed by atoms with E-state index in [1.54, 1.807) is 16.4 Å². The Bertz CT molecular complexity index is 1100. The fourth-order valence-electron chi connectivity index (χ4n) is 5.29.